The minimum Gasteiger partial charge on any atom is -0.384 e. The van der Waals surface area contributed by atoms with Crippen LogP contribution in [0.4, 0.5) is 0 Å². The van der Waals surface area contributed by atoms with Crippen molar-refractivity contribution in [3.8, 4) is 0 Å². The number of nitrogens with zero attached hydrogens (tertiary/aromatic N) is 2. The van der Waals surface area contributed by atoms with Crippen LogP contribution in [0.25, 0.3) is 0 Å². The summed E-state index contributed by atoms with van der Waals surface area (Å²) in [6.07, 6.45) is 3.62. The molecule has 1 aromatic heterocycles. The first-order chi connectivity index (χ1) is 7.27. The lowest BCUT2D eigenvalue weighted by Crippen LogP contribution is -2.15. The van der Waals surface area contributed by atoms with Gasteiger partial charge < -0.3 is 5.73 Å². The van der Waals surface area contributed by atoms with E-state index in [1.54, 1.807) is 6.20 Å². The average molecular weight is 200 g/mol. The van der Waals surface area contributed by atoms with E-state index in [1.165, 1.54) is 0 Å². The quantitative estimate of drug-likeness (QED) is 0.577. The highest BCUT2D eigenvalue weighted by atomic mass is 15.3. The molecule has 0 spiro atoms. The number of hydrogen-bond donors (Lipinski definition) is 2. The Hall–Kier alpha value is -2.10. The lowest BCUT2D eigenvalue weighted by molar-refractivity contribution is 0.686. The summed E-state index contributed by atoms with van der Waals surface area (Å²) >= 11 is 0. The molecule has 0 saturated carbocycles. The summed E-state index contributed by atoms with van der Waals surface area (Å²) in [5, 5.41) is 11.6. The van der Waals surface area contributed by atoms with E-state index in [0.29, 0.717) is 6.54 Å². The molecule has 0 atom stereocenters. The van der Waals surface area contributed by atoms with Crippen LogP contribution in [0.2, 0.25) is 0 Å². The summed E-state index contributed by atoms with van der Waals surface area (Å²) in [7, 11) is 0. The first-order valence-corrected chi connectivity index (χ1v) is 4.67. The van der Waals surface area contributed by atoms with Gasteiger partial charge in [0.05, 0.1) is 6.54 Å². The highest BCUT2D eigenvalue weighted by Crippen LogP contribution is 2.09. The van der Waals surface area contributed by atoms with Crippen LogP contribution in [0, 0.1) is 5.41 Å². The van der Waals surface area contributed by atoms with Crippen molar-refractivity contribution < 1.29 is 0 Å². The molecular weight excluding hydrogens is 188 g/mol. The molecule has 4 heteroatoms. The highest BCUT2D eigenvalue weighted by Gasteiger charge is 2.04. The van der Waals surface area contributed by atoms with Gasteiger partial charge in [0.25, 0.3) is 0 Å². The van der Waals surface area contributed by atoms with E-state index in [9.17, 15) is 0 Å². The summed E-state index contributed by atoms with van der Waals surface area (Å²) < 4.78 is 1.81. The van der Waals surface area contributed by atoms with Crippen molar-refractivity contribution in [1.82, 2.24) is 9.78 Å². The number of aromatic nitrogens is 2. The Bertz CT molecular complexity index is 459. The largest absolute Gasteiger partial charge is 0.384 e. The second-order valence-electron chi connectivity index (χ2n) is 3.27. The van der Waals surface area contributed by atoms with Crippen LogP contribution in [0.1, 0.15) is 11.1 Å². The second kappa shape index (κ2) is 3.96. The van der Waals surface area contributed by atoms with E-state index in [4.69, 9.17) is 11.1 Å². The van der Waals surface area contributed by atoms with Crippen molar-refractivity contribution in [2.45, 2.75) is 6.54 Å². The fraction of sp³-hybridized carbons (Fsp3) is 0.0909. The van der Waals surface area contributed by atoms with Crippen molar-refractivity contribution >= 4 is 5.84 Å². The maximum absolute atomic E-state index is 7.45. The smallest absolute Gasteiger partial charge is 0.123 e. The first kappa shape index (κ1) is 9.45. The molecule has 0 bridgehead atoms. The normalized spacial score (nSPS) is 10.1. The number of nitrogen functional groups attached to an aromatic ring is 1. The van der Waals surface area contributed by atoms with Crippen LogP contribution in [0.15, 0.2) is 42.7 Å². The maximum Gasteiger partial charge on any atom is 0.123 e. The Morgan fingerprint density at radius 3 is 2.80 bits per heavy atom. The summed E-state index contributed by atoms with van der Waals surface area (Å²) in [4.78, 5) is 0. The Balaban J connectivity index is 2.32. The highest BCUT2D eigenvalue weighted by molar-refractivity contribution is 5.96. The van der Waals surface area contributed by atoms with Gasteiger partial charge in [-0.2, -0.15) is 5.10 Å². The minimum atomic E-state index is 0.0951. The van der Waals surface area contributed by atoms with Gasteiger partial charge in [-0.25, -0.2) is 0 Å². The van der Waals surface area contributed by atoms with Crippen LogP contribution >= 0.6 is 0 Å². The Morgan fingerprint density at radius 1 is 1.33 bits per heavy atom. The molecule has 2 aromatic rings. The van der Waals surface area contributed by atoms with Crippen LogP contribution in [-0.2, 0) is 6.54 Å². The predicted molar refractivity (Wildman–Crippen MR) is 58.8 cm³/mol. The van der Waals surface area contributed by atoms with Gasteiger partial charge in [-0.1, -0.05) is 24.3 Å². The predicted octanol–water partition coefficient (Wildman–Crippen LogP) is 1.22. The molecule has 4 nitrogen and oxygen atoms in total. The summed E-state index contributed by atoms with van der Waals surface area (Å²) in [6.45, 7) is 0.642. The third-order valence-electron chi connectivity index (χ3n) is 2.20. The first-order valence-electron chi connectivity index (χ1n) is 4.67. The summed E-state index contributed by atoms with van der Waals surface area (Å²) in [6, 6.07) is 9.49. The SMILES string of the molecule is N=C(N)c1ccccc1Cn1cccn1. The van der Waals surface area contributed by atoms with Crippen LogP contribution in [0.5, 0.6) is 0 Å². The molecule has 0 saturated heterocycles. The number of amidine groups is 1. The van der Waals surface area contributed by atoms with E-state index < -0.39 is 0 Å². The molecule has 0 aliphatic rings. The number of rotatable bonds is 3. The maximum atomic E-state index is 7.45. The fourth-order valence-electron chi connectivity index (χ4n) is 1.49. The number of nitrogens with one attached hydrogen (secondary N) is 1. The van der Waals surface area contributed by atoms with E-state index in [-0.39, 0.29) is 5.84 Å². The van der Waals surface area contributed by atoms with E-state index in [0.717, 1.165) is 11.1 Å². The van der Waals surface area contributed by atoms with E-state index in [1.807, 2.05) is 41.2 Å². The van der Waals surface area contributed by atoms with Gasteiger partial charge in [0, 0.05) is 18.0 Å². The molecule has 0 aliphatic carbocycles. The van der Waals surface area contributed by atoms with Gasteiger partial charge in [0.15, 0.2) is 0 Å². The van der Waals surface area contributed by atoms with Gasteiger partial charge >= 0.3 is 0 Å². The van der Waals surface area contributed by atoms with Gasteiger partial charge in [0.1, 0.15) is 5.84 Å². The summed E-state index contributed by atoms with van der Waals surface area (Å²) in [5.41, 5.74) is 7.28. The Morgan fingerprint density at radius 2 is 2.13 bits per heavy atom. The molecule has 0 aliphatic heterocycles. The number of nitrogens with two attached hydrogens (primary N) is 1. The molecule has 1 aromatic carbocycles. The molecule has 0 amide bonds. The minimum absolute atomic E-state index is 0.0951. The van der Waals surface area contributed by atoms with Gasteiger partial charge in [0.2, 0.25) is 0 Å². The second-order valence-corrected chi connectivity index (χ2v) is 3.27. The Kier molecular flexibility index (Phi) is 2.49. The lowest BCUT2D eigenvalue weighted by Gasteiger charge is -2.07. The molecule has 76 valence electrons. The number of hydrogen-bond acceptors (Lipinski definition) is 2. The van der Waals surface area contributed by atoms with Crippen molar-refractivity contribution in [2.75, 3.05) is 0 Å². The molecule has 0 radical (unpaired) electrons. The molecule has 0 fully saturated rings. The third kappa shape index (κ3) is 2.04. The molecule has 2 rings (SSSR count). The van der Waals surface area contributed by atoms with Crippen LogP contribution < -0.4 is 5.73 Å². The average Bonchev–Trinajstić information content (AvgIpc) is 2.71. The lowest BCUT2D eigenvalue weighted by atomic mass is 10.1. The van der Waals surface area contributed by atoms with Crippen molar-refractivity contribution in [2.24, 2.45) is 5.73 Å². The van der Waals surface area contributed by atoms with Crippen LogP contribution in [-0.4, -0.2) is 15.6 Å². The molecule has 15 heavy (non-hydrogen) atoms. The molecule has 0 unspecified atom stereocenters. The monoisotopic (exact) mass is 200 g/mol. The van der Waals surface area contributed by atoms with Crippen molar-refractivity contribution in [3.05, 3.63) is 53.9 Å². The van der Waals surface area contributed by atoms with Crippen molar-refractivity contribution in [3.63, 3.8) is 0 Å². The molecule has 1 heterocycles. The zero-order valence-electron chi connectivity index (χ0n) is 8.22. The Labute approximate surface area is 87.9 Å². The zero-order chi connectivity index (χ0) is 10.7. The number of benzene rings is 1. The molecular formula is C11H12N4. The summed E-state index contributed by atoms with van der Waals surface area (Å²) in [5.74, 6) is 0.0951. The topological polar surface area (TPSA) is 67.7 Å². The van der Waals surface area contributed by atoms with Gasteiger partial charge in [-0.15, -0.1) is 0 Å². The van der Waals surface area contributed by atoms with Gasteiger partial charge in [-0.05, 0) is 11.6 Å². The molecule has 3 N–H and O–H groups in total. The standard InChI is InChI=1S/C11H12N4/c12-11(13)10-5-2-1-4-9(10)8-15-7-3-6-14-15/h1-7H,8H2,(H3,12,13). The van der Waals surface area contributed by atoms with E-state index >= 15 is 0 Å². The zero-order valence-corrected chi connectivity index (χ0v) is 8.22. The van der Waals surface area contributed by atoms with Crippen LogP contribution in [0.3, 0.4) is 0 Å². The fourth-order valence-corrected chi connectivity index (χ4v) is 1.49. The third-order valence-corrected chi connectivity index (χ3v) is 2.20. The van der Waals surface area contributed by atoms with Gasteiger partial charge in [-0.3, -0.25) is 10.1 Å². The van der Waals surface area contributed by atoms with E-state index in [2.05, 4.69) is 5.10 Å². The van der Waals surface area contributed by atoms with Crippen molar-refractivity contribution in [1.29, 1.82) is 5.41 Å².